The van der Waals surface area contributed by atoms with Crippen LogP contribution in [0.25, 0.3) is 60.4 Å². The number of hydrogen-bond donors (Lipinski definition) is 0. The topological polar surface area (TPSA) is 81.2 Å². The van der Waals surface area contributed by atoms with Crippen LogP contribution in [-0.4, -0.2) is 9.13 Å². The van der Waals surface area contributed by atoms with E-state index >= 15 is 0 Å². The first kappa shape index (κ1) is 29.0. The second-order valence-corrected chi connectivity index (χ2v) is 12.6. The molecule has 0 aliphatic heterocycles. The van der Waals surface area contributed by atoms with E-state index in [4.69, 9.17) is 0 Å². The number of fused-ring (bicyclic) bond motifs is 6. The summed E-state index contributed by atoms with van der Waals surface area (Å²) >= 11 is 0. The van der Waals surface area contributed by atoms with Crippen LogP contribution in [-0.2, 0) is 0 Å². The number of hydrogen-bond acceptors (Lipinski definition) is 3. The van der Waals surface area contributed by atoms with Gasteiger partial charge in [-0.25, -0.2) is 0 Å². The molecule has 1 aliphatic rings. The Labute approximate surface area is 288 Å². The van der Waals surface area contributed by atoms with Crippen molar-refractivity contribution in [3.8, 4) is 35.0 Å². The number of para-hydroxylation sites is 2. The molecule has 0 saturated carbocycles. The van der Waals surface area contributed by atoms with Gasteiger partial charge in [0.25, 0.3) is 0 Å². The van der Waals surface area contributed by atoms with Gasteiger partial charge in [0.15, 0.2) is 0 Å². The lowest BCUT2D eigenvalue weighted by atomic mass is 9.81. The fourth-order valence-electron chi connectivity index (χ4n) is 7.91. The van der Waals surface area contributed by atoms with E-state index in [2.05, 4.69) is 124 Å². The molecule has 5 heteroatoms. The minimum atomic E-state index is -0.0537. The van der Waals surface area contributed by atoms with Gasteiger partial charge < -0.3 is 9.13 Å². The number of nitrogens with zero attached hydrogens (tertiary/aromatic N) is 5. The Hall–Kier alpha value is -7.13. The minimum Gasteiger partial charge on any atom is -0.332 e. The van der Waals surface area contributed by atoms with Gasteiger partial charge in [0.05, 0.1) is 52.0 Å². The smallest absolute Gasteiger partial charge is 0.0998 e. The SMILES string of the molecule is N#Cc1ccc2c(c1)c1ccc(C#N)cc1n2-c1cccc(-c2c(C#N)cccc2C2C=CC=CC2n2c3ccccc3c3ccccc32)c1. The number of allylic oxidation sites excluding steroid dienone is 4. The lowest BCUT2D eigenvalue weighted by Gasteiger charge is -2.30. The highest BCUT2D eigenvalue weighted by atomic mass is 15.0. The van der Waals surface area contributed by atoms with Gasteiger partial charge in [-0.1, -0.05) is 91.0 Å². The Bertz CT molecular complexity index is 2820. The molecule has 0 radical (unpaired) electrons. The summed E-state index contributed by atoms with van der Waals surface area (Å²) in [4.78, 5) is 0. The maximum Gasteiger partial charge on any atom is 0.0998 e. The molecule has 0 N–H and O–H groups in total. The summed E-state index contributed by atoms with van der Waals surface area (Å²) in [7, 11) is 0. The minimum absolute atomic E-state index is 0.0308. The summed E-state index contributed by atoms with van der Waals surface area (Å²) in [6.45, 7) is 0. The zero-order chi connectivity index (χ0) is 33.8. The van der Waals surface area contributed by atoms with Crippen molar-refractivity contribution in [3.05, 3.63) is 174 Å². The van der Waals surface area contributed by atoms with Crippen LogP contribution in [0.1, 0.15) is 34.2 Å². The first-order chi connectivity index (χ1) is 24.7. The highest BCUT2D eigenvalue weighted by Crippen LogP contribution is 2.44. The molecule has 2 aromatic heterocycles. The molecule has 50 heavy (non-hydrogen) atoms. The molecule has 0 spiro atoms. The van der Waals surface area contributed by atoms with E-state index in [1.54, 1.807) is 0 Å². The molecule has 9 rings (SSSR count). The van der Waals surface area contributed by atoms with Gasteiger partial charge in [-0.05, 0) is 71.8 Å². The second kappa shape index (κ2) is 11.5. The highest BCUT2D eigenvalue weighted by Gasteiger charge is 2.29. The third-order valence-corrected chi connectivity index (χ3v) is 10.0. The summed E-state index contributed by atoms with van der Waals surface area (Å²) in [5.41, 5.74) is 9.71. The van der Waals surface area contributed by atoms with Gasteiger partial charge in [-0.2, -0.15) is 15.8 Å². The molecule has 0 fully saturated rings. The van der Waals surface area contributed by atoms with Crippen molar-refractivity contribution in [3.63, 3.8) is 0 Å². The van der Waals surface area contributed by atoms with Crippen LogP contribution in [0.3, 0.4) is 0 Å². The maximum absolute atomic E-state index is 10.5. The standard InChI is InChI=1S/C45H27N5/c46-26-29-20-22-43-39(23-29)37-21-19-30(27-47)24-44(37)49(43)33-11-7-9-31(25-33)45-32(28-48)10-8-15-38(45)36-14-3-6-18-42(36)50-40-16-4-1-12-34(40)35-13-2-5-17-41(35)50/h1-25,36,42H. The number of nitriles is 3. The summed E-state index contributed by atoms with van der Waals surface area (Å²) < 4.78 is 4.59. The van der Waals surface area contributed by atoms with Crippen molar-refractivity contribution >= 4 is 43.6 Å². The molecule has 2 atom stereocenters. The predicted octanol–water partition coefficient (Wildman–Crippen LogP) is 10.6. The Balaban J connectivity index is 1.26. The van der Waals surface area contributed by atoms with Crippen LogP contribution in [0.5, 0.6) is 0 Å². The Kier molecular flexibility index (Phi) is 6.70. The van der Waals surface area contributed by atoms with E-state index in [1.165, 1.54) is 21.8 Å². The van der Waals surface area contributed by atoms with E-state index in [-0.39, 0.29) is 12.0 Å². The highest BCUT2D eigenvalue weighted by molar-refractivity contribution is 6.10. The Morgan fingerprint density at radius 1 is 0.500 bits per heavy atom. The molecule has 2 unspecified atom stereocenters. The van der Waals surface area contributed by atoms with Gasteiger partial charge in [0.1, 0.15) is 0 Å². The van der Waals surface area contributed by atoms with Crippen molar-refractivity contribution in [1.29, 1.82) is 15.8 Å². The fraction of sp³-hybridized carbons (Fsp3) is 0.0444. The summed E-state index contributed by atoms with van der Waals surface area (Å²) in [5.74, 6) is -0.0537. The van der Waals surface area contributed by atoms with Crippen LogP contribution >= 0.6 is 0 Å². The average molecular weight is 638 g/mol. The number of rotatable bonds is 4. The van der Waals surface area contributed by atoms with Gasteiger partial charge in [-0.15, -0.1) is 0 Å². The van der Waals surface area contributed by atoms with Gasteiger partial charge in [0.2, 0.25) is 0 Å². The predicted molar refractivity (Wildman–Crippen MR) is 200 cm³/mol. The first-order valence-corrected chi connectivity index (χ1v) is 16.5. The monoisotopic (exact) mass is 637 g/mol. The third-order valence-electron chi connectivity index (χ3n) is 10.0. The van der Waals surface area contributed by atoms with Crippen LogP contribution in [0, 0.1) is 34.0 Å². The number of benzene rings is 6. The molecule has 0 bridgehead atoms. The summed E-state index contributed by atoms with van der Waals surface area (Å²) in [6, 6.07) is 49.9. The Morgan fingerprint density at radius 3 is 1.94 bits per heavy atom. The Morgan fingerprint density at radius 2 is 1.18 bits per heavy atom. The van der Waals surface area contributed by atoms with Crippen molar-refractivity contribution < 1.29 is 0 Å². The quantitative estimate of drug-likeness (QED) is 0.193. The van der Waals surface area contributed by atoms with E-state index in [0.29, 0.717) is 16.7 Å². The zero-order valence-corrected chi connectivity index (χ0v) is 26.8. The summed E-state index contributed by atoms with van der Waals surface area (Å²) in [5, 5.41) is 34.3. The summed E-state index contributed by atoms with van der Waals surface area (Å²) in [6.07, 6.45) is 8.74. The average Bonchev–Trinajstić information content (AvgIpc) is 3.69. The lowest BCUT2D eigenvalue weighted by molar-refractivity contribution is 0.576. The fourth-order valence-corrected chi connectivity index (χ4v) is 7.91. The molecule has 0 amide bonds. The molecule has 6 aromatic carbocycles. The van der Waals surface area contributed by atoms with Crippen LogP contribution in [0.15, 0.2) is 152 Å². The van der Waals surface area contributed by atoms with Crippen molar-refractivity contribution in [2.75, 3.05) is 0 Å². The molecule has 232 valence electrons. The van der Waals surface area contributed by atoms with Crippen molar-refractivity contribution in [1.82, 2.24) is 9.13 Å². The van der Waals surface area contributed by atoms with E-state index in [9.17, 15) is 15.8 Å². The van der Waals surface area contributed by atoms with Crippen LogP contribution < -0.4 is 0 Å². The normalized spacial score (nSPS) is 15.4. The molecule has 1 aliphatic carbocycles. The van der Waals surface area contributed by atoms with E-state index < -0.39 is 0 Å². The van der Waals surface area contributed by atoms with Gasteiger partial charge >= 0.3 is 0 Å². The lowest BCUT2D eigenvalue weighted by Crippen LogP contribution is -2.17. The molecule has 2 heterocycles. The third kappa shape index (κ3) is 4.37. The van der Waals surface area contributed by atoms with Gasteiger partial charge in [0, 0.05) is 49.7 Å². The second-order valence-electron chi connectivity index (χ2n) is 12.6. The van der Waals surface area contributed by atoms with Gasteiger partial charge in [-0.3, -0.25) is 0 Å². The molecule has 8 aromatic rings. The van der Waals surface area contributed by atoms with E-state index in [0.717, 1.165) is 44.2 Å². The largest absolute Gasteiger partial charge is 0.332 e. The maximum atomic E-state index is 10.5. The molecule has 0 saturated heterocycles. The molecule has 5 nitrogen and oxygen atoms in total. The number of aromatic nitrogens is 2. The first-order valence-electron chi connectivity index (χ1n) is 16.5. The van der Waals surface area contributed by atoms with Crippen LogP contribution in [0.2, 0.25) is 0 Å². The van der Waals surface area contributed by atoms with Crippen molar-refractivity contribution in [2.45, 2.75) is 12.0 Å². The van der Waals surface area contributed by atoms with Crippen molar-refractivity contribution in [2.24, 2.45) is 0 Å². The zero-order valence-electron chi connectivity index (χ0n) is 26.8. The molecular weight excluding hydrogens is 611 g/mol. The van der Waals surface area contributed by atoms with Crippen LogP contribution in [0.4, 0.5) is 0 Å². The molecular formula is C45H27N5. The van der Waals surface area contributed by atoms with E-state index in [1.807, 2.05) is 54.6 Å².